The van der Waals surface area contributed by atoms with E-state index in [-0.39, 0.29) is 0 Å². The molecule has 3 aromatic rings. The molecular formula is C16H16ClN3OS3. The van der Waals surface area contributed by atoms with Crippen LogP contribution in [-0.4, -0.2) is 26.7 Å². The molecule has 1 aromatic carbocycles. The van der Waals surface area contributed by atoms with Crippen molar-refractivity contribution in [3.8, 4) is 0 Å². The molecule has 0 aliphatic carbocycles. The van der Waals surface area contributed by atoms with Crippen LogP contribution in [0, 0.1) is 6.92 Å². The maximum atomic E-state index is 6.14. The molecule has 0 N–H and O–H groups in total. The molecule has 4 nitrogen and oxygen atoms in total. The molecule has 0 saturated carbocycles. The number of aryl methyl sites for hydroxylation is 1. The van der Waals surface area contributed by atoms with Crippen LogP contribution in [0.1, 0.15) is 23.0 Å². The van der Waals surface area contributed by atoms with E-state index in [9.17, 15) is 0 Å². The molecule has 0 fully saturated rings. The normalized spacial score (nSPS) is 11.1. The van der Waals surface area contributed by atoms with E-state index in [0.29, 0.717) is 17.5 Å². The van der Waals surface area contributed by atoms with Gasteiger partial charge in [-0.3, -0.25) is 0 Å². The number of rotatable bonds is 8. The number of aromatic nitrogens is 3. The number of hydrogen-bond acceptors (Lipinski definition) is 7. The second kappa shape index (κ2) is 8.89. The van der Waals surface area contributed by atoms with Gasteiger partial charge in [-0.15, -0.1) is 33.3 Å². The summed E-state index contributed by atoms with van der Waals surface area (Å²) in [5.41, 5.74) is 0.980. The van der Waals surface area contributed by atoms with Gasteiger partial charge in [0.2, 0.25) is 5.89 Å². The minimum Gasteiger partial charge on any atom is -0.416 e. The molecule has 126 valence electrons. The minimum absolute atomic E-state index is 0.597. The number of nitrogens with zero attached hydrogens (tertiary/aromatic N) is 3. The number of halogens is 1. The summed E-state index contributed by atoms with van der Waals surface area (Å²) in [5.74, 6) is 2.57. The van der Waals surface area contributed by atoms with E-state index >= 15 is 0 Å². The smallest absolute Gasteiger partial charge is 0.276 e. The fourth-order valence-electron chi connectivity index (χ4n) is 1.97. The van der Waals surface area contributed by atoms with Gasteiger partial charge in [0, 0.05) is 16.0 Å². The number of hydrogen-bond donors (Lipinski definition) is 0. The lowest BCUT2D eigenvalue weighted by Gasteiger charge is -2.02. The molecule has 0 amide bonds. The molecule has 0 saturated heterocycles. The third-order valence-electron chi connectivity index (χ3n) is 3.06. The molecule has 2 heterocycles. The van der Waals surface area contributed by atoms with Crippen molar-refractivity contribution in [1.29, 1.82) is 0 Å². The monoisotopic (exact) mass is 397 g/mol. The van der Waals surface area contributed by atoms with Crippen LogP contribution in [-0.2, 0) is 6.42 Å². The van der Waals surface area contributed by atoms with E-state index in [2.05, 4.69) is 15.2 Å². The van der Waals surface area contributed by atoms with Gasteiger partial charge in [-0.25, -0.2) is 4.98 Å². The molecule has 3 rings (SSSR count). The topological polar surface area (TPSA) is 51.8 Å². The zero-order valence-corrected chi connectivity index (χ0v) is 16.3. The lowest BCUT2D eigenvalue weighted by Crippen LogP contribution is -1.88. The van der Waals surface area contributed by atoms with Crippen molar-refractivity contribution in [3.05, 3.63) is 51.3 Å². The number of thioether (sulfide) groups is 2. The quantitative estimate of drug-likeness (QED) is 0.377. The van der Waals surface area contributed by atoms with Crippen molar-refractivity contribution in [2.24, 2.45) is 0 Å². The van der Waals surface area contributed by atoms with Crippen molar-refractivity contribution >= 4 is 46.5 Å². The van der Waals surface area contributed by atoms with E-state index < -0.39 is 0 Å². The Bertz CT molecular complexity index is 790. The molecule has 24 heavy (non-hydrogen) atoms. The highest BCUT2D eigenvalue weighted by Crippen LogP contribution is 2.28. The lowest BCUT2D eigenvalue weighted by atomic mass is 10.3. The Morgan fingerprint density at radius 2 is 2.00 bits per heavy atom. The second-order valence-corrected chi connectivity index (χ2v) is 8.63. The van der Waals surface area contributed by atoms with E-state index in [1.165, 1.54) is 0 Å². The van der Waals surface area contributed by atoms with Crippen LogP contribution in [0.15, 0.2) is 44.2 Å². The summed E-state index contributed by atoms with van der Waals surface area (Å²) in [4.78, 5) is 5.54. The van der Waals surface area contributed by atoms with Gasteiger partial charge >= 0.3 is 0 Å². The maximum Gasteiger partial charge on any atom is 0.276 e. The van der Waals surface area contributed by atoms with Gasteiger partial charge in [0.05, 0.1) is 22.1 Å². The van der Waals surface area contributed by atoms with Gasteiger partial charge < -0.3 is 4.42 Å². The highest BCUT2D eigenvalue weighted by molar-refractivity contribution is 8.00. The molecule has 0 spiro atoms. The van der Waals surface area contributed by atoms with Crippen molar-refractivity contribution < 1.29 is 4.42 Å². The first kappa shape index (κ1) is 17.8. The third kappa shape index (κ3) is 5.24. The van der Waals surface area contributed by atoms with Crippen LogP contribution in [0.5, 0.6) is 0 Å². The zero-order valence-electron chi connectivity index (χ0n) is 13.1. The fourth-order valence-corrected chi connectivity index (χ4v) is 4.68. The second-order valence-electron chi connectivity index (χ2n) is 4.98. The minimum atomic E-state index is 0.597. The zero-order chi connectivity index (χ0) is 16.8. The number of benzene rings is 1. The van der Waals surface area contributed by atoms with Crippen molar-refractivity contribution in [3.63, 3.8) is 0 Å². The Labute approximate surface area is 158 Å². The van der Waals surface area contributed by atoms with Gasteiger partial charge in [0.15, 0.2) is 0 Å². The first-order valence-electron chi connectivity index (χ1n) is 7.44. The summed E-state index contributed by atoms with van der Waals surface area (Å²) in [6.45, 7) is 1.99. The summed E-state index contributed by atoms with van der Waals surface area (Å²) in [5, 5.41) is 12.7. The predicted octanol–water partition coefficient (Wildman–Crippen LogP) is 5.35. The van der Waals surface area contributed by atoms with Gasteiger partial charge in [-0.1, -0.05) is 35.5 Å². The van der Waals surface area contributed by atoms with Crippen molar-refractivity contribution in [2.45, 2.75) is 29.9 Å². The van der Waals surface area contributed by atoms with E-state index in [0.717, 1.165) is 38.5 Å². The summed E-state index contributed by atoms with van der Waals surface area (Å²) in [7, 11) is 0. The third-order valence-corrected chi connectivity index (χ3v) is 6.38. The number of thiazole rings is 1. The molecule has 0 unspecified atom stereocenters. The first-order valence-corrected chi connectivity index (χ1v) is 10.7. The molecule has 8 heteroatoms. The van der Waals surface area contributed by atoms with Crippen LogP contribution in [0.3, 0.4) is 0 Å². The molecule has 0 atom stereocenters. The van der Waals surface area contributed by atoms with Crippen molar-refractivity contribution in [2.75, 3.05) is 11.5 Å². The molecule has 0 aliphatic heterocycles. The van der Waals surface area contributed by atoms with Crippen LogP contribution in [0.25, 0.3) is 0 Å². The largest absolute Gasteiger partial charge is 0.416 e. The van der Waals surface area contributed by atoms with Crippen molar-refractivity contribution in [1.82, 2.24) is 15.2 Å². The van der Waals surface area contributed by atoms with E-state index in [1.807, 2.05) is 36.6 Å². The lowest BCUT2D eigenvalue weighted by molar-refractivity contribution is 0.419. The predicted molar refractivity (Wildman–Crippen MR) is 101 cm³/mol. The van der Waals surface area contributed by atoms with Gasteiger partial charge in [0.1, 0.15) is 0 Å². The SMILES string of the molecule is Cc1nc(Cc2nnc(SCCCSc3ccccc3Cl)o2)cs1. The summed E-state index contributed by atoms with van der Waals surface area (Å²) < 4.78 is 5.66. The van der Waals surface area contributed by atoms with Gasteiger partial charge in [0.25, 0.3) is 5.22 Å². The first-order chi connectivity index (χ1) is 11.7. The molecule has 0 aliphatic rings. The standard InChI is InChI=1S/C16H16ClN3OS3/c1-11-18-12(10-24-11)9-15-19-20-16(21-15)23-8-4-7-22-14-6-3-2-5-13(14)17/h2-3,5-6,10H,4,7-9H2,1H3. The van der Waals surface area contributed by atoms with Crippen LogP contribution in [0.4, 0.5) is 0 Å². The Morgan fingerprint density at radius 1 is 1.17 bits per heavy atom. The average molecular weight is 398 g/mol. The highest BCUT2D eigenvalue weighted by Gasteiger charge is 2.09. The van der Waals surface area contributed by atoms with Crippen LogP contribution < -0.4 is 0 Å². The van der Waals surface area contributed by atoms with Gasteiger partial charge in [-0.2, -0.15) is 0 Å². The van der Waals surface area contributed by atoms with Crippen LogP contribution in [0.2, 0.25) is 5.02 Å². The van der Waals surface area contributed by atoms with E-state index in [1.54, 1.807) is 34.9 Å². The molecular weight excluding hydrogens is 382 g/mol. The Morgan fingerprint density at radius 3 is 2.79 bits per heavy atom. The summed E-state index contributed by atoms with van der Waals surface area (Å²) >= 11 is 11.1. The summed E-state index contributed by atoms with van der Waals surface area (Å²) in [6.07, 6.45) is 1.64. The highest BCUT2D eigenvalue weighted by atomic mass is 35.5. The Kier molecular flexibility index (Phi) is 6.59. The molecule has 0 bridgehead atoms. The Balaban J connectivity index is 1.39. The fraction of sp³-hybridized carbons (Fsp3) is 0.312. The summed E-state index contributed by atoms with van der Waals surface area (Å²) in [6, 6.07) is 7.92. The van der Waals surface area contributed by atoms with Crippen LogP contribution >= 0.6 is 46.5 Å². The van der Waals surface area contributed by atoms with Gasteiger partial charge in [-0.05, 0) is 31.2 Å². The molecule has 0 radical (unpaired) electrons. The van der Waals surface area contributed by atoms with E-state index in [4.69, 9.17) is 16.0 Å². The maximum absolute atomic E-state index is 6.14. The Hall–Kier alpha value is -1.02. The average Bonchev–Trinajstić information content (AvgIpc) is 3.18. The molecule has 2 aromatic heterocycles.